The van der Waals surface area contributed by atoms with E-state index >= 15 is 0 Å². The number of methoxy groups -OCH3 is 1. The Kier molecular flexibility index (Phi) is 5.90. The number of aromatic nitrogens is 3. The Morgan fingerprint density at radius 2 is 1.82 bits per heavy atom. The molecular formula is C23H20FN5O4. The van der Waals surface area contributed by atoms with Crippen molar-refractivity contribution >= 4 is 28.8 Å². The predicted molar refractivity (Wildman–Crippen MR) is 120 cm³/mol. The van der Waals surface area contributed by atoms with Gasteiger partial charge in [0.15, 0.2) is 5.65 Å². The highest BCUT2D eigenvalue weighted by Crippen LogP contribution is 2.17. The first kappa shape index (κ1) is 21.8. The van der Waals surface area contributed by atoms with Crippen LogP contribution in [0.1, 0.15) is 15.9 Å². The Bertz CT molecular complexity index is 1410. The number of pyridine rings is 1. The molecular weight excluding hydrogens is 429 g/mol. The first-order valence-corrected chi connectivity index (χ1v) is 9.94. The third-order valence-electron chi connectivity index (χ3n) is 4.88. The van der Waals surface area contributed by atoms with Gasteiger partial charge in [-0.3, -0.25) is 9.59 Å². The van der Waals surface area contributed by atoms with Gasteiger partial charge in [-0.05, 0) is 61.0 Å². The van der Waals surface area contributed by atoms with Gasteiger partial charge in [0.05, 0.1) is 18.4 Å². The zero-order valence-electron chi connectivity index (χ0n) is 17.8. The SMILES string of the molecule is COc1ccc(NC(=O)c2ccc3nn(CC(=O)Nc4ccc(C)cc4F)c(=O)n3c2)cc1. The van der Waals surface area contributed by atoms with Crippen LogP contribution in [0.15, 0.2) is 65.6 Å². The topological polar surface area (TPSA) is 107 Å². The Morgan fingerprint density at radius 3 is 2.52 bits per heavy atom. The minimum atomic E-state index is -0.610. The van der Waals surface area contributed by atoms with Crippen molar-refractivity contribution in [2.24, 2.45) is 0 Å². The summed E-state index contributed by atoms with van der Waals surface area (Å²) in [7, 11) is 1.55. The van der Waals surface area contributed by atoms with Gasteiger partial charge in [-0.25, -0.2) is 18.3 Å². The van der Waals surface area contributed by atoms with Crippen molar-refractivity contribution < 1.29 is 18.7 Å². The number of ether oxygens (including phenoxy) is 1. The van der Waals surface area contributed by atoms with E-state index < -0.39 is 29.9 Å². The van der Waals surface area contributed by atoms with Crippen LogP contribution >= 0.6 is 0 Å². The number of halogens is 1. The monoisotopic (exact) mass is 449 g/mol. The number of carbonyl (C=O) groups excluding carboxylic acids is 2. The fourth-order valence-corrected chi connectivity index (χ4v) is 3.18. The van der Waals surface area contributed by atoms with Crippen LogP contribution in [0.3, 0.4) is 0 Å². The Hall–Kier alpha value is -4.47. The first-order chi connectivity index (χ1) is 15.8. The molecule has 0 fully saturated rings. The van der Waals surface area contributed by atoms with Crippen LogP contribution < -0.4 is 21.1 Å². The molecule has 0 bridgehead atoms. The second-order valence-electron chi connectivity index (χ2n) is 7.30. The number of aryl methyl sites for hydroxylation is 1. The molecule has 4 rings (SSSR count). The van der Waals surface area contributed by atoms with Crippen molar-refractivity contribution in [1.29, 1.82) is 0 Å². The smallest absolute Gasteiger partial charge is 0.350 e. The summed E-state index contributed by atoms with van der Waals surface area (Å²) in [5, 5.41) is 9.26. The molecule has 0 atom stereocenters. The normalized spacial score (nSPS) is 10.8. The molecule has 2 N–H and O–H groups in total. The van der Waals surface area contributed by atoms with Crippen LogP contribution in [0, 0.1) is 12.7 Å². The van der Waals surface area contributed by atoms with Gasteiger partial charge in [0.25, 0.3) is 5.91 Å². The maximum absolute atomic E-state index is 14.0. The number of rotatable bonds is 6. The van der Waals surface area contributed by atoms with E-state index in [4.69, 9.17) is 4.74 Å². The molecule has 9 nitrogen and oxygen atoms in total. The van der Waals surface area contributed by atoms with Gasteiger partial charge in [-0.1, -0.05) is 6.07 Å². The zero-order chi connectivity index (χ0) is 23.5. The molecule has 168 valence electrons. The highest BCUT2D eigenvalue weighted by molar-refractivity contribution is 6.04. The maximum Gasteiger partial charge on any atom is 0.350 e. The van der Waals surface area contributed by atoms with Crippen molar-refractivity contribution in [3.8, 4) is 5.75 Å². The summed E-state index contributed by atoms with van der Waals surface area (Å²) in [5.41, 5.74) is 1.17. The highest BCUT2D eigenvalue weighted by atomic mass is 19.1. The Labute approximate surface area is 187 Å². The van der Waals surface area contributed by atoms with E-state index in [1.807, 2.05) is 0 Å². The molecule has 0 spiro atoms. The molecule has 0 saturated heterocycles. The molecule has 0 aliphatic rings. The summed E-state index contributed by atoms with van der Waals surface area (Å²) in [5.74, 6) is -0.948. The summed E-state index contributed by atoms with van der Waals surface area (Å²) in [6, 6.07) is 14.2. The molecule has 0 aliphatic heterocycles. The van der Waals surface area contributed by atoms with E-state index in [0.29, 0.717) is 17.0 Å². The predicted octanol–water partition coefficient (Wildman–Crippen LogP) is 2.84. The minimum absolute atomic E-state index is 0.0138. The molecule has 0 aliphatic carbocycles. The van der Waals surface area contributed by atoms with Crippen LogP contribution in [0.4, 0.5) is 15.8 Å². The van der Waals surface area contributed by atoms with Crippen LogP contribution in [-0.4, -0.2) is 33.1 Å². The largest absolute Gasteiger partial charge is 0.497 e. The van der Waals surface area contributed by atoms with Crippen molar-refractivity contribution in [1.82, 2.24) is 14.2 Å². The average Bonchev–Trinajstić information content (AvgIpc) is 3.10. The Balaban J connectivity index is 1.50. The van der Waals surface area contributed by atoms with Gasteiger partial charge in [-0.2, -0.15) is 0 Å². The second-order valence-corrected chi connectivity index (χ2v) is 7.30. The van der Waals surface area contributed by atoms with Gasteiger partial charge in [0, 0.05) is 11.9 Å². The Morgan fingerprint density at radius 1 is 1.06 bits per heavy atom. The van der Waals surface area contributed by atoms with Gasteiger partial charge in [0.2, 0.25) is 5.91 Å². The lowest BCUT2D eigenvalue weighted by atomic mass is 10.2. The number of amides is 2. The molecule has 0 saturated carbocycles. The van der Waals surface area contributed by atoms with Gasteiger partial charge in [0.1, 0.15) is 18.1 Å². The van der Waals surface area contributed by atoms with Gasteiger partial charge < -0.3 is 15.4 Å². The summed E-state index contributed by atoms with van der Waals surface area (Å²) in [6.07, 6.45) is 1.34. The lowest BCUT2D eigenvalue weighted by Crippen LogP contribution is -2.28. The lowest BCUT2D eigenvalue weighted by Gasteiger charge is -2.06. The average molecular weight is 449 g/mol. The molecule has 2 aromatic carbocycles. The second kappa shape index (κ2) is 8.95. The van der Waals surface area contributed by atoms with Crippen molar-refractivity contribution in [2.45, 2.75) is 13.5 Å². The van der Waals surface area contributed by atoms with E-state index in [0.717, 1.165) is 4.68 Å². The standard InChI is InChI=1S/C23H20FN5O4/c1-14-3-9-19(18(24)11-14)26-21(30)13-29-23(32)28-12-15(4-10-20(28)27-29)22(31)25-16-5-7-17(33-2)8-6-16/h3-12H,13H2,1-2H3,(H,25,31)(H,26,30). The number of hydrogen-bond donors (Lipinski definition) is 2. The summed E-state index contributed by atoms with van der Waals surface area (Å²) in [6.45, 7) is 1.32. The highest BCUT2D eigenvalue weighted by Gasteiger charge is 2.15. The fraction of sp³-hybridized carbons (Fsp3) is 0.130. The summed E-state index contributed by atoms with van der Waals surface area (Å²) < 4.78 is 21.2. The van der Waals surface area contributed by atoms with E-state index in [9.17, 15) is 18.8 Å². The molecule has 10 heteroatoms. The van der Waals surface area contributed by atoms with Gasteiger partial charge >= 0.3 is 5.69 Å². The molecule has 0 radical (unpaired) electrons. The van der Waals surface area contributed by atoms with E-state index in [1.54, 1.807) is 44.4 Å². The molecule has 0 unspecified atom stereocenters. The van der Waals surface area contributed by atoms with E-state index in [1.165, 1.54) is 34.9 Å². The number of nitrogens with one attached hydrogen (secondary N) is 2. The first-order valence-electron chi connectivity index (χ1n) is 9.94. The third kappa shape index (κ3) is 4.74. The molecule has 33 heavy (non-hydrogen) atoms. The number of fused-ring (bicyclic) bond motifs is 1. The number of anilines is 2. The quantitative estimate of drug-likeness (QED) is 0.471. The molecule has 2 heterocycles. The van der Waals surface area contributed by atoms with Gasteiger partial charge in [-0.15, -0.1) is 5.10 Å². The third-order valence-corrected chi connectivity index (χ3v) is 4.88. The zero-order valence-corrected chi connectivity index (χ0v) is 17.8. The number of hydrogen-bond acceptors (Lipinski definition) is 5. The van der Waals surface area contributed by atoms with E-state index in [2.05, 4.69) is 15.7 Å². The number of nitrogens with zero attached hydrogens (tertiary/aromatic N) is 3. The van der Waals surface area contributed by atoms with Crippen LogP contribution in [0.5, 0.6) is 5.75 Å². The molecule has 2 aromatic heterocycles. The summed E-state index contributed by atoms with van der Waals surface area (Å²) in [4.78, 5) is 37.6. The van der Waals surface area contributed by atoms with Crippen molar-refractivity contribution in [3.63, 3.8) is 0 Å². The fourth-order valence-electron chi connectivity index (χ4n) is 3.18. The lowest BCUT2D eigenvalue weighted by molar-refractivity contribution is -0.117. The van der Waals surface area contributed by atoms with E-state index in [-0.39, 0.29) is 16.9 Å². The van der Waals surface area contributed by atoms with Crippen molar-refractivity contribution in [3.05, 3.63) is 88.2 Å². The molecule has 2 amide bonds. The van der Waals surface area contributed by atoms with Crippen LogP contribution in [-0.2, 0) is 11.3 Å². The van der Waals surface area contributed by atoms with Crippen molar-refractivity contribution in [2.75, 3.05) is 17.7 Å². The minimum Gasteiger partial charge on any atom is -0.497 e. The number of carbonyl (C=O) groups is 2. The molecule has 4 aromatic rings. The summed E-state index contributed by atoms with van der Waals surface area (Å²) >= 11 is 0. The van der Waals surface area contributed by atoms with Crippen LogP contribution in [0.2, 0.25) is 0 Å². The maximum atomic E-state index is 14.0. The number of benzene rings is 2. The van der Waals surface area contributed by atoms with Crippen LogP contribution in [0.25, 0.3) is 5.65 Å².